The Hall–Kier alpha value is -2.76. The summed E-state index contributed by atoms with van der Waals surface area (Å²) in [5.74, 6) is 2.03. The average Bonchev–Trinajstić information content (AvgIpc) is 2.79. The van der Waals surface area contributed by atoms with Crippen molar-refractivity contribution in [1.82, 2.24) is 10.2 Å². The maximum atomic E-state index is 5.87. The molecule has 0 amide bonds. The van der Waals surface area contributed by atoms with Crippen molar-refractivity contribution >= 4 is 10.8 Å². The minimum absolute atomic E-state index is 0.0537. The van der Waals surface area contributed by atoms with Gasteiger partial charge in [0, 0.05) is 31.7 Å². The fraction of sp³-hybridized carbons (Fsp3) is 0.333. The normalized spacial score (nSPS) is 15.8. The summed E-state index contributed by atoms with van der Waals surface area (Å²) < 4.78 is 17.1. The number of rotatable bonds is 6. The van der Waals surface area contributed by atoms with E-state index in [4.69, 9.17) is 14.2 Å². The maximum Gasteiger partial charge on any atom is 0.203 e. The summed E-state index contributed by atoms with van der Waals surface area (Å²) in [6, 6.07) is 19.2. The quantitative estimate of drug-likeness (QED) is 0.690. The van der Waals surface area contributed by atoms with Crippen LogP contribution >= 0.6 is 0 Å². The molecule has 5 heteroatoms. The van der Waals surface area contributed by atoms with E-state index in [0.29, 0.717) is 11.5 Å². The van der Waals surface area contributed by atoms with Crippen LogP contribution in [-0.4, -0.2) is 52.4 Å². The molecule has 152 valence electrons. The third-order valence-corrected chi connectivity index (χ3v) is 5.66. The highest BCUT2D eigenvalue weighted by molar-refractivity contribution is 5.86. The van der Waals surface area contributed by atoms with Crippen molar-refractivity contribution in [3.8, 4) is 17.2 Å². The van der Waals surface area contributed by atoms with Crippen molar-refractivity contribution in [3.05, 3.63) is 65.7 Å². The van der Waals surface area contributed by atoms with Gasteiger partial charge < -0.3 is 19.5 Å². The first kappa shape index (κ1) is 19.6. The molecule has 0 spiro atoms. The smallest absolute Gasteiger partial charge is 0.203 e. The van der Waals surface area contributed by atoms with Crippen molar-refractivity contribution in [2.24, 2.45) is 0 Å². The lowest BCUT2D eigenvalue weighted by atomic mass is 9.91. The maximum absolute atomic E-state index is 5.87. The van der Waals surface area contributed by atoms with Crippen LogP contribution in [0.2, 0.25) is 0 Å². The first-order chi connectivity index (χ1) is 14.3. The minimum atomic E-state index is 0.0537. The van der Waals surface area contributed by atoms with Crippen LogP contribution < -0.4 is 19.5 Å². The molecule has 1 atom stereocenters. The van der Waals surface area contributed by atoms with Crippen molar-refractivity contribution in [2.75, 3.05) is 47.5 Å². The SMILES string of the molecule is COc1ccc(C(c2cccc3ccccc23)N2CCNCC2)c(OC)c1OC. The largest absolute Gasteiger partial charge is 0.493 e. The van der Waals surface area contributed by atoms with Gasteiger partial charge in [-0.2, -0.15) is 0 Å². The molecule has 0 aromatic heterocycles. The molecule has 0 radical (unpaired) electrons. The summed E-state index contributed by atoms with van der Waals surface area (Å²) >= 11 is 0. The van der Waals surface area contributed by atoms with Crippen LogP contribution in [0.15, 0.2) is 54.6 Å². The van der Waals surface area contributed by atoms with Gasteiger partial charge in [0.15, 0.2) is 11.5 Å². The zero-order valence-electron chi connectivity index (χ0n) is 17.3. The zero-order chi connectivity index (χ0) is 20.2. The Morgan fingerprint density at radius 3 is 2.21 bits per heavy atom. The van der Waals surface area contributed by atoms with E-state index in [0.717, 1.165) is 37.5 Å². The van der Waals surface area contributed by atoms with Crippen LogP contribution in [0.4, 0.5) is 0 Å². The molecular weight excluding hydrogens is 364 g/mol. The number of methoxy groups -OCH3 is 3. The zero-order valence-corrected chi connectivity index (χ0v) is 17.3. The van der Waals surface area contributed by atoms with E-state index in [2.05, 4.69) is 58.7 Å². The molecule has 5 nitrogen and oxygen atoms in total. The third kappa shape index (κ3) is 3.63. The van der Waals surface area contributed by atoms with Crippen molar-refractivity contribution in [1.29, 1.82) is 0 Å². The highest BCUT2D eigenvalue weighted by Gasteiger charge is 2.30. The molecule has 1 N–H and O–H groups in total. The summed E-state index contributed by atoms with van der Waals surface area (Å²) in [7, 11) is 5.00. The van der Waals surface area contributed by atoms with Crippen molar-refractivity contribution < 1.29 is 14.2 Å². The Morgan fingerprint density at radius 1 is 0.759 bits per heavy atom. The Morgan fingerprint density at radius 2 is 1.48 bits per heavy atom. The van der Waals surface area contributed by atoms with Gasteiger partial charge in [0.1, 0.15) is 0 Å². The second-order valence-corrected chi connectivity index (χ2v) is 7.18. The molecule has 4 rings (SSSR count). The summed E-state index contributed by atoms with van der Waals surface area (Å²) in [6.07, 6.45) is 0. The van der Waals surface area contributed by atoms with Crippen LogP contribution in [-0.2, 0) is 0 Å². The number of hydrogen-bond acceptors (Lipinski definition) is 5. The summed E-state index contributed by atoms with van der Waals surface area (Å²) in [6.45, 7) is 3.87. The molecule has 1 saturated heterocycles. The van der Waals surface area contributed by atoms with Crippen LogP contribution in [0.5, 0.6) is 17.2 Å². The molecule has 0 saturated carbocycles. The molecule has 1 aliphatic rings. The minimum Gasteiger partial charge on any atom is -0.493 e. The van der Waals surface area contributed by atoms with Crippen LogP contribution in [0.25, 0.3) is 10.8 Å². The number of hydrogen-bond donors (Lipinski definition) is 1. The molecule has 3 aromatic carbocycles. The highest BCUT2D eigenvalue weighted by atomic mass is 16.5. The van der Waals surface area contributed by atoms with Gasteiger partial charge in [0.25, 0.3) is 0 Å². The van der Waals surface area contributed by atoms with Crippen LogP contribution in [0.1, 0.15) is 17.2 Å². The average molecular weight is 392 g/mol. The van der Waals surface area contributed by atoms with Crippen molar-refractivity contribution in [2.45, 2.75) is 6.04 Å². The third-order valence-electron chi connectivity index (χ3n) is 5.66. The fourth-order valence-corrected chi connectivity index (χ4v) is 4.33. The van der Waals surface area contributed by atoms with Gasteiger partial charge in [-0.15, -0.1) is 0 Å². The first-order valence-corrected chi connectivity index (χ1v) is 9.99. The van der Waals surface area contributed by atoms with E-state index in [1.54, 1.807) is 21.3 Å². The van der Waals surface area contributed by atoms with Gasteiger partial charge in [-0.3, -0.25) is 4.90 Å². The van der Waals surface area contributed by atoms with E-state index in [1.165, 1.54) is 16.3 Å². The number of ether oxygens (including phenoxy) is 3. The van der Waals surface area contributed by atoms with Crippen LogP contribution in [0, 0.1) is 0 Å². The van der Waals surface area contributed by atoms with E-state index in [1.807, 2.05) is 6.07 Å². The number of benzene rings is 3. The number of nitrogens with one attached hydrogen (secondary N) is 1. The molecular formula is C24H28N2O3. The second kappa shape index (κ2) is 8.72. The van der Waals surface area contributed by atoms with Crippen molar-refractivity contribution in [3.63, 3.8) is 0 Å². The topological polar surface area (TPSA) is 43.0 Å². The molecule has 29 heavy (non-hydrogen) atoms. The molecule has 1 fully saturated rings. The van der Waals surface area contributed by atoms with E-state index < -0.39 is 0 Å². The Balaban J connectivity index is 1.95. The van der Waals surface area contributed by atoms with Gasteiger partial charge >= 0.3 is 0 Å². The predicted octanol–water partition coefficient (Wildman–Crippen LogP) is 3.86. The summed E-state index contributed by atoms with van der Waals surface area (Å²) in [5, 5.41) is 5.96. The van der Waals surface area contributed by atoms with E-state index in [9.17, 15) is 0 Å². The summed E-state index contributed by atoms with van der Waals surface area (Å²) in [4.78, 5) is 2.52. The molecule has 0 bridgehead atoms. The number of fused-ring (bicyclic) bond motifs is 1. The molecule has 3 aromatic rings. The lowest BCUT2D eigenvalue weighted by molar-refractivity contribution is 0.195. The molecule has 1 unspecified atom stereocenters. The highest BCUT2D eigenvalue weighted by Crippen LogP contribution is 2.46. The standard InChI is InChI=1S/C24H28N2O3/c1-27-21-12-11-20(23(28-2)24(21)29-3)22(26-15-13-25-14-16-26)19-10-6-8-17-7-4-5-9-18(17)19/h4-12,22,25H,13-16H2,1-3H3. The van der Waals surface area contributed by atoms with Gasteiger partial charge in [-0.25, -0.2) is 0 Å². The molecule has 0 aliphatic carbocycles. The summed E-state index contributed by atoms with van der Waals surface area (Å²) in [5.41, 5.74) is 2.36. The van der Waals surface area contributed by atoms with Gasteiger partial charge in [-0.05, 0) is 28.5 Å². The lowest BCUT2D eigenvalue weighted by Crippen LogP contribution is -2.45. The Labute approximate surface area is 172 Å². The van der Waals surface area contributed by atoms with Gasteiger partial charge in [0.05, 0.1) is 27.4 Å². The number of nitrogens with zero attached hydrogens (tertiary/aromatic N) is 1. The molecule has 1 aliphatic heterocycles. The lowest BCUT2D eigenvalue weighted by Gasteiger charge is -2.37. The number of piperazine rings is 1. The van der Waals surface area contributed by atoms with E-state index in [-0.39, 0.29) is 6.04 Å². The second-order valence-electron chi connectivity index (χ2n) is 7.18. The van der Waals surface area contributed by atoms with Gasteiger partial charge in [-0.1, -0.05) is 42.5 Å². The fourth-order valence-electron chi connectivity index (χ4n) is 4.33. The predicted molar refractivity (Wildman–Crippen MR) is 116 cm³/mol. The monoisotopic (exact) mass is 392 g/mol. The van der Waals surface area contributed by atoms with Crippen LogP contribution in [0.3, 0.4) is 0 Å². The Kier molecular flexibility index (Phi) is 5.88. The molecule has 1 heterocycles. The van der Waals surface area contributed by atoms with Gasteiger partial charge in [0.2, 0.25) is 5.75 Å². The Bertz CT molecular complexity index is 978. The first-order valence-electron chi connectivity index (χ1n) is 9.99. The van der Waals surface area contributed by atoms with E-state index >= 15 is 0 Å².